The third kappa shape index (κ3) is 2.27. The molecule has 1 aliphatic rings. The van der Waals surface area contributed by atoms with Crippen LogP contribution in [0.25, 0.3) is 0 Å². The summed E-state index contributed by atoms with van der Waals surface area (Å²) < 4.78 is 22.8. The number of aromatic nitrogens is 2. The average Bonchev–Trinajstić information content (AvgIpc) is 2.63. The van der Waals surface area contributed by atoms with Crippen LogP contribution in [0.2, 0.25) is 0 Å². The topological polar surface area (TPSA) is 140 Å². The standard InChI is InChI=1S/C10H14FN3O6/c11-4-19-10(18)7(16)5(3-15)20-8(10)14-2-1-6(12)13-9(14)17/h1-2,5,7-8,15-16,18H,3-4H2,(H2,12,13,17)/t5-,7-,8-,10+/m1/s1. The molecule has 20 heavy (non-hydrogen) atoms. The molecule has 5 N–H and O–H groups in total. The quantitative estimate of drug-likeness (QED) is 0.454. The van der Waals surface area contributed by atoms with Gasteiger partial charge in [-0.25, -0.2) is 9.18 Å². The van der Waals surface area contributed by atoms with Gasteiger partial charge in [-0.2, -0.15) is 4.98 Å². The molecule has 1 saturated heterocycles. The maximum Gasteiger partial charge on any atom is 0.351 e. The van der Waals surface area contributed by atoms with Gasteiger partial charge in [-0.05, 0) is 6.07 Å². The average molecular weight is 291 g/mol. The fraction of sp³-hybridized carbons (Fsp3) is 0.600. The lowest BCUT2D eigenvalue weighted by Crippen LogP contribution is -2.50. The van der Waals surface area contributed by atoms with Crippen molar-refractivity contribution in [2.75, 3.05) is 19.2 Å². The van der Waals surface area contributed by atoms with Crippen molar-refractivity contribution >= 4 is 5.82 Å². The van der Waals surface area contributed by atoms with Crippen LogP contribution in [0.1, 0.15) is 6.23 Å². The van der Waals surface area contributed by atoms with Gasteiger partial charge in [0.15, 0.2) is 13.1 Å². The van der Waals surface area contributed by atoms with Crippen LogP contribution >= 0.6 is 0 Å². The minimum Gasteiger partial charge on any atom is -0.394 e. The molecule has 1 fully saturated rings. The normalized spacial score (nSPS) is 33.5. The molecule has 9 nitrogen and oxygen atoms in total. The number of rotatable bonds is 4. The van der Waals surface area contributed by atoms with Crippen LogP contribution in [0.4, 0.5) is 10.2 Å². The summed E-state index contributed by atoms with van der Waals surface area (Å²) in [6.45, 7) is -2.09. The monoisotopic (exact) mass is 291 g/mol. The second kappa shape index (κ2) is 5.42. The second-order valence-electron chi connectivity index (χ2n) is 4.20. The Morgan fingerprint density at radius 3 is 2.90 bits per heavy atom. The Balaban J connectivity index is 2.45. The SMILES string of the molecule is Nc1ccn([C@@H]2O[C@H](CO)[C@@H](O)[C@]2(O)OCF)c(=O)n1. The summed E-state index contributed by atoms with van der Waals surface area (Å²) in [5, 5.41) is 29.1. The van der Waals surface area contributed by atoms with Gasteiger partial charge in [0.25, 0.3) is 0 Å². The molecule has 0 aromatic carbocycles. The third-order valence-electron chi connectivity index (χ3n) is 3.00. The fourth-order valence-electron chi connectivity index (χ4n) is 2.01. The van der Waals surface area contributed by atoms with E-state index in [0.29, 0.717) is 0 Å². The van der Waals surface area contributed by atoms with Crippen LogP contribution in [-0.4, -0.2) is 56.3 Å². The van der Waals surface area contributed by atoms with Gasteiger partial charge >= 0.3 is 5.69 Å². The van der Waals surface area contributed by atoms with Crippen molar-refractivity contribution in [3.05, 3.63) is 22.7 Å². The summed E-state index contributed by atoms with van der Waals surface area (Å²) >= 11 is 0. The van der Waals surface area contributed by atoms with E-state index in [0.717, 1.165) is 10.8 Å². The highest BCUT2D eigenvalue weighted by molar-refractivity contribution is 5.23. The van der Waals surface area contributed by atoms with Gasteiger partial charge in [0.1, 0.15) is 18.0 Å². The number of ether oxygens (including phenoxy) is 2. The molecule has 0 amide bonds. The van der Waals surface area contributed by atoms with E-state index in [1.54, 1.807) is 0 Å². The molecule has 0 unspecified atom stereocenters. The molecule has 1 aliphatic heterocycles. The largest absolute Gasteiger partial charge is 0.394 e. The van der Waals surface area contributed by atoms with Crippen LogP contribution < -0.4 is 11.4 Å². The lowest BCUT2D eigenvalue weighted by molar-refractivity contribution is -0.291. The summed E-state index contributed by atoms with van der Waals surface area (Å²) in [5.74, 6) is -2.59. The van der Waals surface area contributed by atoms with Crippen molar-refractivity contribution in [1.82, 2.24) is 9.55 Å². The molecule has 10 heteroatoms. The molecular weight excluding hydrogens is 277 g/mol. The zero-order chi connectivity index (χ0) is 14.9. The van der Waals surface area contributed by atoms with Crippen molar-refractivity contribution in [3.63, 3.8) is 0 Å². The molecule has 0 saturated carbocycles. The van der Waals surface area contributed by atoms with Crippen LogP contribution in [-0.2, 0) is 9.47 Å². The van der Waals surface area contributed by atoms with Gasteiger partial charge < -0.3 is 30.5 Å². The first kappa shape index (κ1) is 14.8. The molecule has 0 bridgehead atoms. The number of anilines is 1. The molecule has 2 heterocycles. The Bertz CT molecular complexity index is 540. The molecular formula is C10H14FN3O6. The smallest absolute Gasteiger partial charge is 0.351 e. The summed E-state index contributed by atoms with van der Waals surface area (Å²) in [6.07, 6.45) is -3.43. The Morgan fingerprint density at radius 1 is 1.65 bits per heavy atom. The molecule has 112 valence electrons. The Morgan fingerprint density at radius 2 is 2.35 bits per heavy atom. The van der Waals surface area contributed by atoms with E-state index >= 15 is 0 Å². The molecule has 0 aliphatic carbocycles. The van der Waals surface area contributed by atoms with E-state index in [1.165, 1.54) is 6.07 Å². The van der Waals surface area contributed by atoms with Gasteiger partial charge in [-0.15, -0.1) is 0 Å². The van der Waals surface area contributed by atoms with Gasteiger partial charge in [-0.1, -0.05) is 0 Å². The first-order chi connectivity index (χ1) is 9.43. The van der Waals surface area contributed by atoms with Gasteiger partial charge in [0.2, 0.25) is 5.79 Å². The predicted molar refractivity (Wildman–Crippen MR) is 61.9 cm³/mol. The van der Waals surface area contributed by atoms with E-state index in [4.69, 9.17) is 15.6 Å². The Labute approximate surface area is 112 Å². The van der Waals surface area contributed by atoms with Crippen LogP contribution in [0.5, 0.6) is 0 Å². The van der Waals surface area contributed by atoms with Crippen molar-refractivity contribution in [3.8, 4) is 0 Å². The highest BCUT2D eigenvalue weighted by Crippen LogP contribution is 2.38. The summed E-state index contributed by atoms with van der Waals surface area (Å²) in [4.78, 5) is 15.1. The summed E-state index contributed by atoms with van der Waals surface area (Å²) in [7, 11) is 0. The van der Waals surface area contributed by atoms with E-state index in [1.807, 2.05) is 0 Å². The summed E-state index contributed by atoms with van der Waals surface area (Å²) in [5.41, 5.74) is 4.44. The molecule has 0 spiro atoms. The Hall–Kier alpha value is -1.59. The predicted octanol–water partition coefficient (Wildman–Crippen LogP) is -2.29. The van der Waals surface area contributed by atoms with Gasteiger partial charge in [0, 0.05) is 6.20 Å². The fourth-order valence-corrected chi connectivity index (χ4v) is 2.01. The zero-order valence-corrected chi connectivity index (χ0v) is 10.2. The zero-order valence-electron chi connectivity index (χ0n) is 10.2. The van der Waals surface area contributed by atoms with Crippen LogP contribution in [0.15, 0.2) is 17.1 Å². The second-order valence-corrected chi connectivity index (χ2v) is 4.20. The number of hydrogen-bond acceptors (Lipinski definition) is 8. The minimum atomic E-state index is -2.54. The van der Waals surface area contributed by atoms with E-state index in [2.05, 4.69) is 9.72 Å². The van der Waals surface area contributed by atoms with Crippen molar-refractivity contribution in [2.24, 2.45) is 0 Å². The molecule has 1 aromatic heterocycles. The molecule has 0 radical (unpaired) electrons. The highest BCUT2D eigenvalue weighted by atomic mass is 19.1. The molecule has 2 rings (SSSR count). The van der Waals surface area contributed by atoms with E-state index in [9.17, 15) is 19.4 Å². The number of halogens is 1. The number of aliphatic hydroxyl groups is 3. The van der Waals surface area contributed by atoms with Crippen molar-refractivity contribution in [1.29, 1.82) is 0 Å². The molecule has 4 atom stereocenters. The lowest BCUT2D eigenvalue weighted by Gasteiger charge is -2.30. The van der Waals surface area contributed by atoms with Crippen LogP contribution in [0.3, 0.4) is 0 Å². The number of hydrogen-bond donors (Lipinski definition) is 4. The first-order valence-corrected chi connectivity index (χ1v) is 5.65. The van der Waals surface area contributed by atoms with E-state index < -0.39 is 43.4 Å². The minimum absolute atomic E-state index is 0.0570. The maximum absolute atomic E-state index is 12.4. The lowest BCUT2D eigenvalue weighted by atomic mass is 10.1. The van der Waals surface area contributed by atoms with Crippen LogP contribution in [0, 0.1) is 0 Å². The number of nitrogen functional groups attached to an aromatic ring is 1. The third-order valence-corrected chi connectivity index (χ3v) is 3.00. The number of alkyl halides is 1. The first-order valence-electron chi connectivity index (χ1n) is 5.65. The number of nitrogens with two attached hydrogens (primary N) is 1. The van der Waals surface area contributed by atoms with Crippen molar-refractivity contribution < 1.29 is 29.2 Å². The highest BCUT2D eigenvalue weighted by Gasteiger charge is 2.58. The number of nitrogens with zero attached hydrogens (tertiary/aromatic N) is 2. The van der Waals surface area contributed by atoms with Gasteiger partial charge in [-0.3, -0.25) is 4.57 Å². The van der Waals surface area contributed by atoms with Crippen molar-refractivity contribution in [2.45, 2.75) is 24.2 Å². The molecule has 1 aromatic rings. The maximum atomic E-state index is 12.4. The Kier molecular flexibility index (Phi) is 4.01. The number of aliphatic hydroxyl groups excluding tert-OH is 2. The summed E-state index contributed by atoms with van der Waals surface area (Å²) in [6, 6.07) is 1.25. The van der Waals surface area contributed by atoms with Gasteiger partial charge in [0.05, 0.1) is 6.61 Å². The van der Waals surface area contributed by atoms with E-state index in [-0.39, 0.29) is 5.82 Å².